The van der Waals surface area contributed by atoms with Crippen molar-refractivity contribution in [2.24, 2.45) is 11.8 Å². The number of anilines is 1. The average Bonchev–Trinajstić information content (AvgIpc) is 2.35. The van der Waals surface area contributed by atoms with Gasteiger partial charge in [0.2, 0.25) is 0 Å². The number of hydrogen-bond donors (Lipinski definition) is 0. The summed E-state index contributed by atoms with van der Waals surface area (Å²) in [5.41, 5.74) is 1.89. The fourth-order valence-corrected chi connectivity index (χ4v) is 1.66. The minimum atomic E-state index is -0.0578. The zero-order chi connectivity index (χ0) is 13.7. The number of hydrogen-bond acceptors (Lipinski definition) is 2. The normalized spacial score (nSPS) is 13.0. The van der Waals surface area contributed by atoms with E-state index in [4.69, 9.17) is 0 Å². The van der Waals surface area contributed by atoms with E-state index in [1.807, 2.05) is 56.3 Å². The second-order valence-electron chi connectivity index (χ2n) is 5.22. The number of Topliss-reactive ketones (excluding diaryl/α,β-unsaturated/α-hetero) is 1. The monoisotopic (exact) mass is 245 g/mol. The van der Waals surface area contributed by atoms with E-state index in [9.17, 15) is 4.79 Å². The fraction of sp³-hybridized carbons (Fsp3) is 0.438. The van der Waals surface area contributed by atoms with Gasteiger partial charge in [-0.25, -0.2) is 0 Å². The lowest BCUT2D eigenvalue weighted by molar-refractivity contribution is 0.0953. The third-order valence-corrected chi connectivity index (χ3v) is 2.87. The summed E-state index contributed by atoms with van der Waals surface area (Å²) in [6, 6.07) is 7.76. The maximum atomic E-state index is 12.2. The van der Waals surface area contributed by atoms with Gasteiger partial charge in [-0.3, -0.25) is 4.79 Å². The van der Waals surface area contributed by atoms with Crippen molar-refractivity contribution in [3.05, 3.63) is 42.0 Å². The molecule has 0 N–H and O–H groups in total. The summed E-state index contributed by atoms with van der Waals surface area (Å²) in [6.07, 6.45) is 4.07. The summed E-state index contributed by atoms with van der Waals surface area (Å²) in [5, 5.41) is 0. The first-order chi connectivity index (χ1) is 8.41. The molecule has 1 rings (SSSR count). The van der Waals surface area contributed by atoms with Crippen LogP contribution >= 0.6 is 0 Å². The molecule has 0 aliphatic heterocycles. The van der Waals surface area contributed by atoms with Crippen LogP contribution in [0.4, 0.5) is 5.69 Å². The van der Waals surface area contributed by atoms with Crippen molar-refractivity contribution in [3.8, 4) is 0 Å². The Kier molecular flexibility index (Phi) is 5.14. The molecule has 0 saturated heterocycles. The molecule has 0 fully saturated rings. The lowest BCUT2D eigenvalue weighted by atomic mass is 9.97. The van der Waals surface area contributed by atoms with E-state index in [1.54, 1.807) is 0 Å². The van der Waals surface area contributed by atoms with Gasteiger partial charge in [0.05, 0.1) is 0 Å². The van der Waals surface area contributed by atoms with Crippen LogP contribution in [0.15, 0.2) is 36.4 Å². The van der Waals surface area contributed by atoms with Crippen LogP contribution in [0.3, 0.4) is 0 Å². The van der Waals surface area contributed by atoms with Crippen molar-refractivity contribution in [2.75, 3.05) is 19.0 Å². The van der Waals surface area contributed by atoms with Crippen LogP contribution in [-0.4, -0.2) is 19.9 Å². The molecule has 2 nitrogen and oxygen atoms in total. The largest absolute Gasteiger partial charge is 0.378 e. The van der Waals surface area contributed by atoms with Crippen LogP contribution in [0.25, 0.3) is 0 Å². The number of benzene rings is 1. The lowest BCUT2D eigenvalue weighted by Gasteiger charge is -2.13. The molecule has 1 aromatic rings. The molecular formula is C16H23NO. The number of nitrogens with zero attached hydrogens (tertiary/aromatic N) is 1. The van der Waals surface area contributed by atoms with Gasteiger partial charge < -0.3 is 4.90 Å². The minimum Gasteiger partial charge on any atom is -0.378 e. The summed E-state index contributed by atoms with van der Waals surface area (Å²) in [4.78, 5) is 14.2. The molecule has 0 aliphatic rings. The summed E-state index contributed by atoms with van der Waals surface area (Å²) in [5.74, 6) is 0.603. The summed E-state index contributed by atoms with van der Waals surface area (Å²) >= 11 is 0. The molecule has 0 saturated carbocycles. The highest BCUT2D eigenvalue weighted by atomic mass is 16.1. The van der Waals surface area contributed by atoms with Crippen LogP contribution in [0.1, 0.15) is 31.1 Å². The predicted molar refractivity (Wildman–Crippen MR) is 78.2 cm³/mol. The fourth-order valence-electron chi connectivity index (χ4n) is 1.66. The Morgan fingerprint density at radius 1 is 1.06 bits per heavy atom. The minimum absolute atomic E-state index is 0.0578. The van der Waals surface area contributed by atoms with Gasteiger partial charge in [0, 0.05) is 31.3 Å². The van der Waals surface area contributed by atoms with Gasteiger partial charge in [0.1, 0.15) is 0 Å². The van der Waals surface area contributed by atoms with Crippen molar-refractivity contribution < 1.29 is 4.79 Å². The predicted octanol–water partition coefficient (Wildman–Crippen LogP) is 3.78. The van der Waals surface area contributed by atoms with E-state index in [0.717, 1.165) is 11.3 Å². The first-order valence-corrected chi connectivity index (χ1v) is 6.41. The molecule has 0 aromatic heterocycles. The molecule has 0 radical (unpaired) electrons. The molecular weight excluding hydrogens is 222 g/mol. The molecule has 98 valence electrons. The first-order valence-electron chi connectivity index (χ1n) is 6.41. The Labute approximate surface area is 110 Å². The van der Waals surface area contributed by atoms with Crippen LogP contribution in [-0.2, 0) is 0 Å². The maximum Gasteiger partial charge on any atom is 0.169 e. The van der Waals surface area contributed by atoms with Crippen molar-refractivity contribution in [1.82, 2.24) is 0 Å². The van der Waals surface area contributed by atoms with Crippen molar-refractivity contribution in [3.63, 3.8) is 0 Å². The standard InChI is InChI=1S/C16H23NO/c1-12(2)6-7-13(3)16(18)14-8-10-15(11-9-14)17(4)5/h6-13H,1-5H3/b7-6+/t13-/m1/s1. The van der Waals surface area contributed by atoms with Crippen LogP contribution < -0.4 is 4.90 Å². The molecule has 0 unspecified atom stereocenters. The highest BCUT2D eigenvalue weighted by Gasteiger charge is 2.12. The van der Waals surface area contributed by atoms with E-state index in [-0.39, 0.29) is 11.7 Å². The lowest BCUT2D eigenvalue weighted by Crippen LogP contribution is -2.11. The summed E-state index contributed by atoms with van der Waals surface area (Å²) in [6.45, 7) is 6.17. The Balaban J connectivity index is 2.78. The molecule has 1 aromatic carbocycles. The average molecular weight is 245 g/mol. The van der Waals surface area contributed by atoms with E-state index < -0.39 is 0 Å². The smallest absolute Gasteiger partial charge is 0.169 e. The van der Waals surface area contributed by atoms with Gasteiger partial charge in [-0.1, -0.05) is 32.9 Å². The van der Waals surface area contributed by atoms with Gasteiger partial charge in [-0.15, -0.1) is 0 Å². The number of ketones is 1. The second-order valence-corrected chi connectivity index (χ2v) is 5.22. The van der Waals surface area contributed by atoms with Gasteiger partial charge >= 0.3 is 0 Å². The molecule has 0 heterocycles. The summed E-state index contributed by atoms with van der Waals surface area (Å²) < 4.78 is 0. The number of carbonyl (C=O) groups is 1. The van der Waals surface area contributed by atoms with E-state index in [0.29, 0.717) is 5.92 Å². The molecule has 0 aliphatic carbocycles. The topological polar surface area (TPSA) is 20.3 Å². The highest BCUT2D eigenvalue weighted by molar-refractivity contribution is 5.98. The SMILES string of the molecule is CC(C)/C=C/[C@@H](C)C(=O)c1ccc(N(C)C)cc1. The van der Waals surface area contributed by atoms with Gasteiger partial charge in [-0.2, -0.15) is 0 Å². The van der Waals surface area contributed by atoms with E-state index in [2.05, 4.69) is 19.9 Å². The second kappa shape index (κ2) is 6.39. The van der Waals surface area contributed by atoms with Crippen molar-refractivity contribution in [2.45, 2.75) is 20.8 Å². The quantitative estimate of drug-likeness (QED) is 0.581. The van der Waals surface area contributed by atoms with Crippen molar-refractivity contribution in [1.29, 1.82) is 0 Å². The molecule has 18 heavy (non-hydrogen) atoms. The third kappa shape index (κ3) is 4.02. The highest BCUT2D eigenvalue weighted by Crippen LogP contribution is 2.16. The van der Waals surface area contributed by atoms with Crippen LogP contribution in [0.5, 0.6) is 0 Å². The number of allylic oxidation sites excluding steroid dienone is 2. The number of carbonyl (C=O) groups excluding carboxylic acids is 1. The Morgan fingerprint density at radius 2 is 1.61 bits per heavy atom. The van der Waals surface area contributed by atoms with Crippen molar-refractivity contribution >= 4 is 11.5 Å². The van der Waals surface area contributed by atoms with Gasteiger partial charge in [-0.05, 0) is 30.2 Å². The maximum absolute atomic E-state index is 12.2. The first kappa shape index (κ1) is 14.5. The van der Waals surface area contributed by atoms with Gasteiger partial charge in [0.15, 0.2) is 5.78 Å². The van der Waals surface area contributed by atoms with E-state index in [1.165, 1.54) is 0 Å². The third-order valence-electron chi connectivity index (χ3n) is 2.87. The van der Waals surface area contributed by atoms with Crippen LogP contribution in [0.2, 0.25) is 0 Å². The summed E-state index contributed by atoms with van der Waals surface area (Å²) in [7, 11) is 3.98. The Bertz CT molecular complexity index is 415. The molecule has 0 bridgehead atoms. The zero-order valence-electron chi connectivity index (χ0n) is 12.0. The molecule has 1 atom stereocenters. The Hall–Kier alpha value is -1.57. The van der Waals surface area contributed by atoms with E-state index >= 15 is 0 Å². The van der Waals surface area contributed by atoms with Crippen LogP contribution in [0, 0.1) is 11.8 Å². The molecule has 0 spiro atoms. The number of rotatable bonds is 5. The zero-order valence-corrected chi connectivity index (χ0v) is 12.0. The molecule has 0 amide bonds. The molecule has 2 heteroatoms. The Morgan fingerprint density at radius 3 is 2.06 bits per heavy atom. The van der Waals surface area contributed by atoms with Gasteiger partial charge in [0.25, 0.3) is 0 Å².